The van der Waals surface area contributed by atoms with Gasteiger partial charge in [-0.25, -0.2) is 4.79 Å². The van der Waals surface area contributed by atoms with E-state index < -0.39 is 5.97 Å². The summed E-state index contributed by atoms with van der Waals surface area (Å²) in [6.45, 7) is 3.38. The first-order chi connectivity index (χ1) is 12.4. The molecule has 2 bridgehead atoms. The van der Waals surface area contributed by atoms with Crippen LogP contribution in [0.4, 0.5) is 0 Å². The van der Waals surface area contributed by atoms with E-state index in [2.05, 4.69) is 37.1 Å². The van der Waals surface area contributed by atoms with Gasteiger partial charge in [-0.15, -0.1) is 0 Å². The highest BCUT2D eigenvalue weighted by Crippen LogP contribution is 2.53. The van der Waals surface area contributed by atoms with E-state index in [9.17, 15) is 9.90 Å². The Balaban J connectivity index is 1.88. The molecule has 0 saturated carbocycles. The predicted octanol–water partition coefficient (Wildman–Crippen LogP) is 3.70. The molecule has 1 aliphatic heterocycles. The summed E-state index contributed by atoms with van der Waals surface area (Å²) < 4.78 is 5.49. The van der Waals surface area contributed by atoms with E-state index in [1.54, 1.807) is 13.2 Å². The lowest BCUT2D eigenvalue weighted by molar-refractivity contribution is 0.0694. The summed E-state index contributed by atoms with van der Waals surface area (Å²) in [5.41, 5.74) is 4.19. The summed E-state index contributed by atoms with van der Waals surface area (Å²) in [5.74, 6) is 0.286. The number of likely N-dealkylation sites (N-methyl/N-ethyl adjacent to an activating group) is 1. The van der Waals surface area contributed by atoms with E-state index in [1.165, 1.54) is 11.1 Å². The van der Waals surface area contributed by atoms with Crippen molar-refractivity contribution < 1.29 is 14.6 Å². The maximum Gasteiger partial charge on any atom is 0.335 e. The average Bonchev–Trinajstić information content (AvgIpc) is 2.65. The van der Waals surface area contributed by atoms with E-state index >= 15 is 0 Å². The molecule has 1 fully saturated rings. The van der Waals surface area contributed by atoms with Crippen LogP contribution in [0.15, 0.2) is 42.5 Å². The molecule has 2 aromatic rings. The van der Waals surface area contributed by atoms with Crippen molar-refractivity contribution in [1.82, 2.24) is 4.90 Å². The number of fused-ring (bicyclic) bond motifs is 4. The number of likely N-dealkylation sites (tertiary alicyclic amines) is 1. The number of carbonyl (C=O) groups is 1. The number of benzene rings is 2. The molecular formula is C22H25NO3. The molecule has 1 unspecified atom stereocenters. The molecule has 26 heavy (non-hydrogen) atoms. The van der Waals surface area contributed by atoms with Crippen molar-refractivity contribution in [2.75, 3.05) is 20.7 Å². The molecule has 2 aliphatic rings. The number of rotatable bonds is 3. The molecule has 0 aromatic heterocycles. The second kappa shape index (κ2) is 6.13. The van der Waals surface area contributed by atoms with Crippen LogP contribution in [0.5, 0.6) is 5.75 Å². The average molecular weight is 351 g/mol. The first kappa shape index (κ1) is 17.1. The normalized spacial score (nSPS) is 27.7. The van der Waals surface area contributed by atoms with Crippen molar-refractivity contribution in [2.45, 2.75) is 37.1 Å². The number of piperidine rings is 1. The molecule has 4 nitrogen and oxygen atoms in total. The fourth-order valence-corrected chi connectivity index (χ4v) is 5.06. The summed E-state index contributed by atoms with van der Waals surface area (Å²) in [6, 6.07) is 14.3. The smallest absolute Gasteiger partial charge is 0.335 e. The zero-order valence-electron chi connectivity index (χ0n) is 15.5. The van der Waals surface area contributed by atoms with Gasteiger partial charge in [0.1, 0.15) is 5.75 Å². The highest BCUT2D eigenvalue weighted by Gasteiger charge is 2.50. The SMILES string of the molecule is COc1ccc2c(c1)[C@]1(C)CCN(C)C(C2)[C@@H]1c1cccc(C(=O)O)c1. The largest absolute Gasteiger partial charge is 0.497 e. The minimum atomic E-state index is -0.867. The van der Waals surface area contributed by atoms with Crippen molar-refractivity contribution >= 4 is 5.97 Å². The molecule has 0 spiro atoms. The van der Waals surface area contributed by atoms with Crippen molar-refractivity contribution in [1.29, 1.82) is 0 Å². The van der Waals surface area contributed by atoms with E-state index in [1.807, 2.05) is 18.2 Å². The van der Waals surface area contributed by atoms with Crippen molar-refractivity contribution in [3.05, 3.63) is 64.7 Å². The van der Waals surface area contributed by atoms with Gasteiger partial charge < -0.3 is 14.7 Å². The van der Waals surface area contributed by atoms with Gasteiger partial charge in [0.25, 0.3) is 0 Å². The first-order valence-corrected chi connectivity index (χ1v) is 9.15. The van der Waals surface area contributed by atoms with Crippen LogP contribution in [0.2, 0.25) is 0 Å². The monoisotopic (exact) mass is 351 g/mol. The quantitative estimate of drug-likeness (QED) is 0.916. The van der Waals surface area contributed by atoms with Gasteiger partial charge >= 0.3 is 5.97 Å². The van der Waals surface area contributed by atoms with Gasteiger partial charge in [-0.2, -0.15) is 0 Å². The standard InChI is InChI=1S/C22H25NO3/c1-22-9-10-23(2)19(12-14-7-8-17(26-3)13-18(14)22)20(22)15-5-4-6-16(11-15)21(24)25/h4-8,11,13,19-20H,9-10,12H2,1-3H3,(H,24,25)/t19?,20-,22-/m0/s1. The van der Waals surface area contributed by atoms with Crippen molar-refractivity contribution in [3.63, 3.8) is 0 Å². The van der Waals surface area contributed by atoms with E-state index in [-0.39, 0.29) is 11.3 Å². The number of hydrogen-bond donors (Lipinski definition) is 1. The Morgan fingerprint density at radius 1 is 1.27 bits per heavy atom. The van der Waals surface area contributed by atoms with Gasteiger partial charge in [0.2, 0.25) is 0 Å². The number of ether oxygens (including phenoxy) is 1. The van der Waals surface area contributed by atoms with Crippen LogP contribution in [-0.2, 0) is 11.8 Å². The molecule has 0 amide bonds. The van der Waals surface area contributed by atoms with Gasteiger partial charge in [-0.3, -0.25) is 0 Å². The second-order valence-electron chi connectivity index (χ2n) is 7.85. The molecular weight excluding hydrogens is 326 g/mol. The zero-order valence-corrected chi connectivity index (χ0v) is 15.5. The Hall–Kier alpha value is -2.33. The van der Waals surface area contributed by atoms with Crippen molar-refractivity contribution in [3.8, 4) is 5.75 Å². The second-order valence-corrected chi connectivity index (χ2v) is 7.85. The molecule has 4 heteroatoms. The number of carboxylic acids is 1. The summed E-state index contributed by atoms with van der Waals surface area (Å²) in [5, 5.41) is 9.43. The van der Waals surface area contributed by atoms with Crippen LogP contribution in [-0.4, -0.2) is 42.7 Å². The number of aromatic carboxylic acids is 1. The lowest BCUT2D eigenvalue weighted by Crippen LogP contribution is -2.56. The lowest BCUT2D eigenvalue weighted by Gasteiger charge is -2.55. The molecule has 0 radical (unpaired) electrons. The minimum absolute atomic E-state index is 0.0313. The van der Waals surface area contributed by atoms with E-state index in [0.29, 0.717) is 11.6 Å². The molecule has 1 aliphatic carbocycles. The molecule has 2 aromatic carbocycles. The van der Waals surface area contributed by atoms with Crippen LogP contribution in [0.1, 0.15) is 46.3 Å². The van der Waals surface area contributed by atoms with E-state index in [0.717, 1.165) is 30.7 Å². The third-order valence-electron chi connectivity index (χ3n) is 6.48. The van der Waals surface area contributed by atoms with Gasteiger partial charge in [-0.05, 0) is 67.4 Å². The molecule has 136 valence electrons. The van der Waals surface area contributed by atoms with Crippen LogP contribution in [0, 0.1) is 0 Å². The zero-order chi connectivity index (χ0) is 18.5. The summed E-state index contributed by atoms with van der Waals surface area (Å²) >= 11 is 0. The lowest BCUT2D eigenvalue weighted by atomic mass is 9.56. The van der Waals surface area contributed by atoms with Crippen LogP contribution >= 0.6 is 0 Å². The van der Waals surface area contributed by atoms with Gasteiger partial charge in [0, 0.05) is 17.4 Å². The number of hydrogen-bond acceptors (Lipinski definition) is 3. The van der Waals surface area contributed by atoms with Gasteiger partial charge in [0.05, 0.1) is 12.7 Å². The topological polar surface area (TPSA) is 49.8 Å². The fraction of sp³-hybridized carbons (Fsp3) is 0.409. The third-order valence-corrected chi connectivity index (χ3v) is 6.48. The molecule has 4 rings (SSSR count). The molecule has 1 N–H and O–H groups in total. The van der Waals surface area contributed by atoms with Crippen molar-refractivity contribution in [2.24, 2.45) is 0 Å². The highest BCUT2D eigenvalue weighted by atomic mass is 16.5. The molecule has 1 heterocycles. The van der Waals surface area contributed by atoms with Crippen LogP contribution < -0.4 is 4.74 Å². The fourth-order valence-electron chi connectivity index (χ4n) is 5.06. The van der Waals surface area contributed by atoms with Crippen LogP contribution in [0.25, 0.3) is 0 Å². The number of carboxylic acid groups (broad SMARTS) is 1. The Labute approximate surface area is 154 Å². The summed E-state index contributed by atoms with van der Waals surface area (Å²) in [7, 11) is 3.89. The molecule has 3 atom stereocenters. The Kier molecular flexibility index (Phi) is 4.03. The third kappa shape index (κ3) is 2.52. The van der Waals surface area contributed by atoms with Gasteiger partial charge in [0.15, 0.2) is 0 Å². The molecule has 1 saturated heterocycles. The maximum absolute atomic E-state index is 11.5. The van der Waals surface area contributed by atoms with Crippen LogP contribution in [0.3, 0.4) is 0 Å². The summed E-state index contributed by atoms with van der Waals surface area (Å²) in [6.07, 6.45) is 2.02. The summed E-state index contributed by atoms with van der Waals surface area (Å²) in [4.78, 5) is 13.9. The van der Waals surface area contributed by atoms with E-state index in [4.69, 9.17) is 4.74 Å². The predicted molar refractivity (Wildman–Crippen MR) is 101 cm³/mol. The number of nitrogens with zero attached hydrogens (tertiary/aromatic N) is 1. The van der Waals surface area contributed by atoms with Gasteiger partial charge in [-0.1, -0.05) is 25.1 Å². The first-order valence-electron chi connectivity index (χ1n) is 9.15. The Morgan fingerprint density at radius 2 is 2.08 bits per heavy atom. The Morgan fingerprint density at radius 3 is 2.81 bits per heavy atom. The minimum Gasteiger partial charge on any atom is -0.497 e. The maximum atomic E-state index is 11.5. The highest BCUT2D eigenvalue weighted by molar-refractivity contribution is 5.87. The number of methoxy groups -OCH3 is 1. The Bertz CT molecular complexity index is 862.